The third-order valence-corrected chi connectivity index (χ3v) is 8.89. The smallest absolute Gasteiger partial charge is 0.342 e. The number of aryl methyl sites for hydroxylation is 4. The maximum Gasteiger partial charge on any atom is 0.342 e. The number of nitrogens with zero attached hydrogens (tertiary/aromatic N) is 14. The van der Waals surface area contributed by atoms with Crippen molar-refractivity contribution in [2.24, 2.45) is 0 Å². The summed E-state index contributed by atoms with van der Waals surface area (Å²) < 4.78 is 6.14. The highest BCUT2D eigenvalue weighted by Gasteiger charge is 2.23. The van der Waals surface area contributed by atoms with Gasteiger partial charge in [-0.2, -0.15) is 0 Å². The SMILES string of the molecule is Cc1ncc([N+](=O)[O-])n1CCN(CCCCCN(CCn1c([N+](=O)[O-])cnc1C)CCn1c([N+](=O)[O-])cnc1C)CCn1c([N+](=O)[O-])cnc1C. The minimum absolute atomic E-state index is 0.110. The fraction of sp³-hybridized carbons (Fsp3) is 0.586. The minimum atomic E-state index is -0.479. The van der Waals surface area contributed by atoms with Crippen LogP contribution in [0.4, 0.5) is 23.3 Å². The van der Waals surface area contributed by atoms with E-state index in [1.54, 1.807) is 27.7 Å². The number of hydrogen-bond acceptors (Lipinski definition) is 14. The Morgan fingerprint density at radius 2 is 0.686 bits per heavy atom. The molecule has 0 saturated heterocycles. The number of hydrogen-bond donors (Lipinski definition) is 0. The van der Waals surface area contributed by atoms with Crippen LogP contribution in [0.15, 0.2) is 24.8 Å². The molecule has 0 amide bonds. The van der Waals surface area contributed by atoms with Gasteiger partial charge in [0.1, 0.15) is 51.0 Å². The van der Waals surface area contributed by atoms with Gasteiger partial charge in [0.15, 0.2) is 23.3 Å². The zero-order valence-electron chi connectivity index (χ0n) is 29.0. The maximum atomic E-state index is 11.5. The van der Waals surface area contributed by atoms with Gasteiger partial charge >= 0.3 is 23.3 Å². The second-order valence-corrected chi connectivity index (χ2v) is 12.0. The summed E-state index contributed by atoms with van der Waals surface area (Å²) in [4.78, 5) is 64.8. The summed E-state index contributed by atoms with van der Waals surface area (Å²) in [5, 5.41) is 46.1. The lowest BCUT2D eigenvalue weighted by Crippen LogP contribution is -2.33. The Balaban J connectivity index is 1.40. The van der Waals surface area contributed by atoms with E-state index in [1.165, 1.54) is 43.1 Å². The maximum absolute atomic E-state index is 11.5. The quantitative estimate of drug-likeness (QED) is 0.0644. The first-order valence-electron chi connectivity index (χ1n) is 16.4. The van der Waals surface area contributed by atoms with Crippen LogP contribution in [-0.4, -0.2) is 107 Å². The molecule has 0 aromatic carbocycles. The molecule has 0 fully saturated rings. The highest BCUT2D eigenvalue weighted by atomic mass is 16.6. The number of rotatable bonds is 22. The fourth-order valence-corrected chi connectivity index (χ4v) is 6.00. The van der Waals surface area contributed by atoms with E-state index in [1.807, 2.05) is 0 Å². The van der Waals surface area contributed by atoms with Crippen LogP contribution in [0, 0.1) is 68.2 Å². The van der Waals surface area contributed by atoms with Crippen LogP contribution in [0.25, 0.3) is 0 Å². The molecule has 0 aliphatic rings. The molecule has 4 rings (SSSR count). The molecule has 0 saturated carbocycles. The van der Waals surface area contributed by atoms with Crippen LogP contribution in [-0.2, 0) is 26.2 Å². The van der Waals surface area contributed by atoms with E-state index in [0.29, 0.717) is 88.7 Å². The number of aromatic nitrogens is 8. The first kappa shape index (κ1) is 38.2. The average Bonchev–Trinajstić information content (AvgIpc) is 3.84. The second kappa shape index (κ2) is 17.3. The predicted octanol–water partition coefficient (Wildman–Crippen LogP) is 3.21. The van der Waals surface area contributed by atoms with Gasteiger partial charge in [-0.15, -0.1) is 0 Å². The lowest BCUT2D eigenvalue weighted by molar-refractivity contribution is -0.392. The van der Waals surface area contributed by atoms with Gasteiger partial charge in [-0.25, -0.2) is 38.2 Å². The predicted molar refractivity (Wildman–Crippen MR) is 181 cm³/mol. The van der Waals surface area contributed by atoms with Crippen LogP contribution >= 0.6 is 0 Å². The monoisotopic (exact) mass is 714 g/mol. The Morgan fingerprint density at radius 1 is 0.451 bits per heavy atom. The van der Waals surface area contributed by atoms with Crippen molar-refractivity contribution in [3.05, 3.63) is 88.5 Å². The molecule has 0 radical (unpaired) electrons. The van der Waals surface area contributed by atoms with E-state index in [9.17, 15) is 40.5 Å². The van der Waals surface area contributed by atoms with E-state index in [-0.39, 0.29) is 23.3 Å². The highest BCUT2D eigenvalue weighted by Crippen LogP contribution is 2.18. The van der Waals surface area contributed by atoms with Gasteiger partial charge in [0.2, 0.25) is 0 Å². The van der Waals surface area contributed by atoms with Crippen molar-refractivity contribution in [2.75, 3.05) is 39.3 Å². The second-order valence-electron chi connectivity index (χ2n) is 12.0. The van der Waals surface area contributed by atoms with Crippen LogP contribution in [0.3, 0.4) is 0 Å². The van der Waals surface area contributed by atoms with Gasteiger partial charge in [0, 0.05) is 53.9 Å². The molecule has 4 heterocycles. The Hall–Kier alpha value is -5.64. The highest BCUT2D eigenvalue weighted by molar-refractivity contribution is 5.21. The van der Waals surface area contributed by atoms with Crippen molar-refractivity contribution in [1.82, 2.24) is 48.0 Å². The first-order chi connectivity index (χ1) is 24.3. The molecular weight excluding hydrogens is 672 g/mol. The minimum Gasteiger partial charge on any atom is -0.358 e. The summed E-state index contributed by atoms with van der Waals surface area (Å²) in [5.74, 6) is 1.60. The third kappa shape index (κ3) is 9.75. The van der Waals surface area contributed by atoms with E-state index in [2.05, 4.69) is 29.7 Å². The summed E-state index contributed by atoms with van der Waals surface area (Å²) in [7, 11) is 0. The van der Waals surface area contributed by atoms with E-state index in [0.717, 1.165) is 19.3 Å². The molecule has 276 valence electrons. The summed E-state index contributed by atoms with van der Waals surface area (Å²) in [6.45, 7) is 11.0. The normalized spacial score (nSPS) is 11.6. The molecule has 51 heavy (non-hydrogen) atoms. The molecule has 0 atom stereocenters. The summed E-state index contributed by atoms with van der Waals surface area (Å²) in [5.41, 5.74) is 0. The van der Waals surface area contributed by atoms with Crippen molar-refractivity contribution >= 4 is 23.3 Å². The largest absolute Gasteiger partial charge is 0.358 e. The van der Waals surface area contributed by atoms with Gasteiger partial charge in [0.05, 0.1) is 0 Å². The van der Waals surface area contributed by atoms with Gasteiger partial charge < -0.3 is 40.5 Å². The van der Waals surface area contributed by atoms with E-state index in [4.69, 9.17) is 0 Å². The first-order valence-corrected chi connectivity index (χ1v) is 16.4. The Labute approximate surface area is 291 Å². The molecule has 0 aliphatic heterocycles. The van der Waals surface area contributed by atoms with Gasteiger partial charge in [-0.1, -0.05) is 6.42 Å². The molecule has 22 heteroatoms. The Kier molecular flexibility index (Phi) is 13.0. The van der Waals surface area contributed by atoms with Crippen LogP contribution in [0.5, 0.6) is 0 Å². The molecule has 4 aromatic rings. The number of nitro groups is 4. The number of imidazole rings is 4. The molecule has 4 aromatic heterocycles. The van der Waals surface area contributed by atoms with Gasteiger partial charge in [-0.05, 0) is 45.6 Å². The average molecular weight is 715 g/mol. The van der Waals surface area contributed by atoms with E-state index >= 15 is 0 Å². The molecule has 0 N–H and O–H groups in total. The molecule has 0 aliphatic carbocycles. The molecule has 0 bridgehead atoms. The molecule has 22 nitrogen and oxygen atoms in total. The Bertz CT molecular complexity index is 1590. The molecule has 0 spiro atoms. The van der Waals surface area contributed by atoms with Crippen molar-refractivity contribution in [2.45, 2.75) is 73.1 Å². The van der Waals surface area contributed by atoms with Crippen LogP contribution in [0.2, 0.25) is 0 Å². The summed E-state index contributed by atoms with van der Waals surface area (Å²) in [6.07, 6.45) is 7.19. The van der Waals surface area contributed by atoms with Gasteiger partial charge in [-0.3, -0.25) is 9.80 Å². The summed E-state index contributed by atoms with van der Waals surface area (Å²) in [6, 6.07) is 0. The lowest BCUT2D eigenvalue weighted by Gasteiger charge is -2.23. The van der Waals surface area contributed by atoms with Crippen molar-refractivity contribution in [3.63, 3.8) is 0 Å². The third-order valence-electron chi connectivity index (χ3n) is 8.89. The zero-order valence-corrected chi connectivity index (χ0v) is 29.0. The molecular formula is C29H42N14O8. The van der Waals surface area contributed by atoms with E-state index < -0.39 is 19.7 Å². The van der Waals surface area contributed by atoms with Crippen molar-refractivity contribution in [1.29, 1.82) is 0 Å². The van der Waals surface area contributed by atoms with Crippen molar-refractivity contribution in [3.8, 4) is 0 Å². The molecule has 0 unspecified atom stereocenters. The summed E-state index contributed by atoms with van der Waals surface area (Å²) >= 11 is 0. The van der Waals surface area contributed by atoms with Crippen LogP contribution < -0.4 is 0 Å². The Morgan fingerprint density at radius 3 is 0.902 bits per heavy atom. The zero-order chi connectivity index (χ0) is 37.2. The standard InChI is InChI=1S/C29H42N14O8/c1-22-30-18-26(40(44)45)36(22)14-10-34(11-15-37-23(2)31-19-27(37)41(46)47)8-6-5-7-9-35(12-16-38-24(3)32-20-28(38)42(48)49)13-17-39-25(4)33-21-29(39)43(50)51/h18-21H,5-17H2,1-4H3. The van der Waals surface area contributed by atoms with Crippen LogP contribution in [0.1, 0.15) is 42.6 Å². The number of unbranched alkanes of at least 4 members (excludes halogenated alkanes) is 2. The topological polar surface area (TPSA) is 250 Å². The lowest BCUT2D eigenvalue weighted by atomic mass is 10.2. The fourth-order valence-electron chi connectivity index (χ4n) is 6.00. The van der Waals surface area contributed by atoms with Gasteiger partial charge in [0.25, 0.3) is 0 Å². The van der Waals surface area contributed by atoms with Crippen molar-refractivity contribution < 1.29 is 19.7 Å².